The lowest BCUT2D eigenvalue weighted by atomic mass is 9.83. The Hall–Kier alpha value is -1.84. The maximum Gasteiger partial charge on any atom is 0.147 e. The van der Waals surface area contributed by atoms with E-state index in [0.29, 0.717) is 0 Å². The Morgan fingerprint density at radius 1 is 1.18 bits per heavy atom. The predicted molar refractivity (Wildman–Crippen MR) is 68.7 cm³/mol. The quantitative estimate of drug-likeness (QED) is 0.803. The lowest BCUT2D eigenvalue weighted by Gasteiger charge is -2.24. The topological polar surface area (TPSA) is 56.7 Å². The summed E-state index contributed by atoms with van der Waals surface area (Å²) in [5, 5.41) is 4.30. The van der Waals surface area contributed by atoms with Crippen molar-refractivity contribution in [3.8, 4) is 0 Å². The lowest BCUT2D eigenvalue weighted by Crippen LogP contribution is -2.23. The Morgan fingerprint density at radius 2 is 1.76 bits per heavy atom. The third kappa shape index (κ3) is 2.02. The maximum atomic E-state index is 5.71. The van der Waals surface area contributed by atoms with E-state index in [0.717, 1.165) is 17.3 Å². The summed E-state index contributed by atoms with van der Waals surface area (Å²) in [6.45, 7) is 6.19. The number of nitrogens with zero attached hydrogens (tertiary/aromatic N) is 3. The first-order valence-corrected chi connectivity index (χ1v) is 5.65. The number of anilines is 1. The Balaban J connectivity index is 2.49. The highest BCUT2D eigenvalue weighted by Crippen LogP contribution is 2.30. The number of benzene rings is 1. The van der Waals surface area contributed by atoms with Crippen molar-refractivity contribution in [2.75, 3.05) is 5.73 Å². The Kier molecular flexibility index (Phi) is 2.65. The van der Waals surface area contributed by atoms with Gasteiger partial charge in [0.05, 0.1) is 0 Å². The van der Waals surface area contributed by atoms with Crippen LogP contribution in [0.2, 0.25) is 0 Å². The van der Waals surface area contributed by atoms with E-state index >= 15 is 0 Å². The summed E-state index contributed by atoms with van der Waals surface area (Å²) in [5.74, 6) is 1.76. The number of nitrogen functional groups attached to an aromatic ring is 1. The number of aryl methyl sites for hydroxylation is 2. The molecule has 0 radical (unpaired) electrons. The maximum absolute atomic E-state index is 5.71. The Morgan fingerprint density at radius 3 is 2.24 bits per heavy atom. The molecule has 0 amide bonds. The molecule has 0 aliphatic carbocycles. The van der Waals surface area contributed by atoms with Gasteiger partial charge in [0.1, 0.15) is 11.6 Å². The standard InChI is InChI=1S/C13H18N4/c1-9-15-12(17(4)16-9)13(2,3)10-5-7-11(14)8-6-10/h5-8H,14H2,1-4H3. The van der Waals surface area contributed by atoms with Crippen molar-refractivity contribution < 1.29 is 0 Å². The van der Waals surface area contributed by atoms with Crippen LogP contribution >= 0.6 is 0 Å². The number of rotatable bonds is 2. The fraction of sp³-hybridized carbons (Fsp3) is 0.385. The van der Waals surface area contributed by atoms with Gasteiger partial charge in [0, 0.05) is 18.2 Å². The third-order valence-electron chi connectivity index (χ3n) is 3.06. The van der Waals surface area contributed by atoms with Crippen molar-refractivity contribution in [1.82, 2.24) is 14.8 Å². The van der Waals surface area contributed by atoms with Crippen LogP contribution in [0.1, 0.15) is 31.1 Å². The van der Waals surface area contributed by atoms with Gasteiger partial charge >= 0.3 is 0 Å². The summed E-state index contributed by atoms with van der Waals surface area (Å²) >= 11 is 0. The molecular weight excluding hydrogens is 212 g/mol. The van der Waals surface area contributed by atoms with E-state index in [1.165, 1.54) is 5.56 Å². The smallest absolute Gasteiger partial charge is 0.147 e. The largest absolute Gasteiger partial charge is 0.399 e. The minimum Gasteiger partial charge on any atom is -0.399 e. The molecule has 4 nitrogen and oxygen atoms in total. The molecule has 0 aliphatic rings. The number of nitrogens with two attached hydrogens (primary N) is 1. The normalized spacial score (nSPS) is 11.8. The van der Waals surface area contributed by atoms with Crippen molar-refractivity contribution in [1.29, 1.82) is 0 Å². The zero-order valence-electron chi connectivity index (χ0n) is 10.7. The first-order valence-electron chi connectivity index (χ1n) is 5.65. The minimum atomic E-state index is -0.177. The number of aromatic nitrogens is 3. The van der Waals surface area contributed by atoms with Gasteiger partial charge in [-0.15, -0.1) is 0 Å². The molecule has 1 aromatic heterocycles. The second-order valence-electron chi connectivity index (χ2n) is 4.85. The molecule has 0 saturated heterocycles. The van der Waals surface area contributed by atoms with E-state index in [2.05, 4.69) is 23.9 Å². The van der Waals surface area contributed by atoms with Gasteiger partial charge in [-0.3, -0.25) is 4.68 Å². The first kappa shape index (κ1) is 11.6. The molecule has 4 heteroatoms. The molecule has 0 bridgehead atoms. The summed E-state index contributed by atoms with van der Waals surface area (Å²) in [4.78, 5) is 4.50. The van der Waals surface area contributed by atoms with E-state index in [1.807, 2.05) is 42.9 Å². The third-order valence-corrected chi connectivity index (χ3v) is 3.06. The van der Waals surface area contributed by atoms with E-state index in [1.54, 1.807) is 0 Å². The van der Waals surface area contributed by atoms with Crippen LogP contribution in [0, 0.1) is 6.92 Å². The fourth-order valence-electron chi connectivity index (χ4n) is 2.09. The summed E-state index contributed by atoms with van der Waals surface area (Å²) in [6, 6.07) is 7.92. The van der Waals surface area contributed by atoms with Crippen LogP contribution in [0.25, 0.3) is 0 Å². The van der Waals surface area contributed by atoms with E-state index in [9.17, 15) is 0 Å². The molecule has 17 heavy (non-hydrogen) atoms. The average molecular weight is 230 g/mol. The van der Waals surface area contributed by atoms with E-state index < -0.39 is 0 Å². The van der Waals surface area contributed by atoms with Gasteiger partial charge < -0.3 is 5.73 Å². The molecule has 90 valence electrons. The minimum absolute atomic E-state index is 0.177. The molecule has 0 aliphatic heterocycles. The second kappa shape index (κ2) is 3.87. The van der Waals surface area contributed by atoms with Crippen LogP contribution in [-0.4, -0.2) is 14.8 Å². The fourth-order valence-corrected chi connectivity index (χ4v) is 2.09. The van der Waals surface area contributed by atoms with Crippen LogP contribution in [0.5, 0.6) is 0 Å². The van der Waals surface area contributed by atoms with Gasteiger partial charge in [0.25, 0.3) is 0 Å². The zero-order chi connectivity index (χ0) is 12.6. The molecule has 2 N–H and O–H groups in total. The SMILES string of the molecule is Cc1nc(C(C)(C)c2ccc(N)cc2)n(C)n1. The van der Waals surface area contributed by atoms with Crippen molar-refractivity contribution >= 4 is 5.69 Å². The second-order valence-corrected chi connectivity index (χ2v) is 4.85. The van der Waals surface area contributed by atoms with Crippen LogP contribution in [0.4, 0.5) is 5.69 Å². The van der Waals surface area contributed by atoms with E-state index in [4.69, 9.17) is 5.73 Å². The monoisotopic (exact) mass is 230 g/mol. The highest BCUT2D eigenvalue weighted by molar-refractivity contribution is 5.43. The van der Waals surface area contributed by atoms with E-state index in [-0.39, 0.29) is 5.41 Å². The van der Waals surface area contributed by atoms with Crippen molar-refractivity contribution in [2.45, 2.75) is 26.2 Å². The lowest BCUT2D eigenvalue weighted by molar-refractivity contribution is 0.542. The van der Waals surface area contributed by atoms with Gasteiger partial charge in [-0.1, -0.05) is 12.1 Å². The zero-order valence-corrected chi connectivity index (χ0v) is 10.7. The predicted octanol–water partition coefficient (Wildman–Crippen LogP) is 2.03. The van der Waals surface area contributed by atoms with Gasteiger partial charge in [0.15, 0.2) is 0 Å². The summed E-state index contributed by atoms with van der Waals surface area (Å²) in [7, 11) is 1.92. The van der Waals surface area contributed by atoms with Crippen LogP contribution in [-0.2, 0) is 12.5 Å². The van der Waals surface area contributed by atoms with Crippen molar-refractivity contribution in [2.24, 2.45) is 7.05 Å². The summed E-state index contributed by atoms with van der Waals surface area (Å²) < 4.78 is 1.84. The average Bonchev–Trinajstić information content (AvgIpc) is 2.59. The highest BCUT2D eigenvalue weighted by atomic mass is 15.3. The number of hydrogen-bond acceptors (Lipinski definition) is 3. The Bertz CT molecular complexity index is 523. The van der Waals surface area contributed by atoms with Crippen LogP contribution in [0.15, 0.2) is 24.3 Å². The number of hydrogen-bond donors (Lipinski definition) is 1. The van der Waals surface area contributed by atoms with Gasteiger partial charge in [-0.2, -0.15) is 5.10 Å². The molecule has 0 saturated carbocycles. The van der Waals surface area contributed by atoms with Gasteiger partial charge in [-0.25, -0.2) is 4.98 Å². The Labute approximate surface area is 101 Å². The molecule has 2 aromatic rings. The van der Waals surface area contributed by atoms with Gasteiger partial charge in [0.2, 0.25) is 0 Å². The molecule has 0 atom stereocenters. The van der Waals surface area contributed by atoms with Gasteiger partial charge in [-0.05, 0) is 38.5 Å². The summed E-state index contributed by atoms with van der Waals surface area (Å²) in [5.41, 5.74) is 7.49. The molecule has 2 rings (SSSR count). The van der Waals surface area contributed by atoms with Crippen LogP contribution in [0.3, 0.4) is 0 Å². The molecule has 0 fully saturated rings. The van der Waals surface area contributed by atoms with Crippen LogP contribution < -0.4 is 5.73 Å². The molecule has 1 aromatic carbocycles. The molecular formula is C13H18N4. The summed E-state index contributed by atoms with van der Waals surface area (Å²) in [6.07, 6.45) is 0. The molecule has 1 heterocycles. The highest BCUT2D eigenvalue weighted by Gasteiger charge is 2.28. The molecule has 0 spiro atoms. The molecule has 0 unspecified atom stereocenters. The van der Waals surface area contributed by atoms with Crippen molar-refractivity contribution in [3.63, 3.8) is 0 Å². The van der Waals surface area contributed by atoms with Crippen molar-refractivity contribution in [3.05, 3.63) is 41.5 Å². The first-order chi connectivity index (χ1) is 7.91.